The number of amides is 1. The van der Waals surface area contributed by atoms with Gasteiger partial charge in [0.2, 0.25) is 0 Å². The number of hydrogen-bond donors (Lipinski definition) is 2. The molecule has 2 aliphatic rings. The van der Waals surface area contributed by atoms with Crippen LogP contribution in [0.2, 0.25) is 0 Å². The van der Waals surface area contributed by atoms with Crippen LogP contribution in [0.5, 0.6) is 0 Å². The summed E-state index contributed by atoms with van der Waals surface area (Å²) in [6.07, 6.45) is 0. The van der Waals surface area contributed by atoms with Gasteiger partial charge in [-0.3, -0.25) is 19.1 Å². The van der Waals surface area contributed by atoms with Crippen LogP contribution in [0.25, 0.3) is 11.0 Å². The average molecular weight is 442 g/mol. The summed E-state index contributed by atoms with van der Waals surface area (Å²) in [5.41, 5.74) is 1.07. The predicted octanol–water partition coefficient (Wildman–Crippen LogP) is 1.38. The SMILES string of the molecule is Cc1cc(C(=O)N2C[C@@H]3CNC[C@@H]3[C@H]2c2ccccc2)c2c(=O)[nH]c(=O)n(C)c2n1.Cl. The van der Waals surface area contributed by atoms with Crippen molar-refractivity contribution in [1.82, 2.24) is 24.8 Å². The summed E-state index contributed by atoms with van der Waals surface area (Å²) >= 11 is 0. The summed E-state index contributed by atoms with van der Waals surface area (Å²) in [5.74, 6) is 0.502. The number of halogens is 1. The zero-order valence-electron chi connectivity index (χ0n) is 17.3. The standard InChI is InChI=1S/C22H23N5O3.ClH/c1-12-8-15(17-19(24-12)26(2)22(30)25-20(17)28)21(29)27-11-14-9-23-10-16(14)18(27)13-6-4-3-5-7-13;/h3-8,14,16,18,23H,9-11H2,1-2H3,(H,25,28,30);1H/t14-,16-,18+;/m0./s1. The summed E-state index contributed by atoms with van der Waals surface area (Å²) in [4.78, 5) is 47.1. The van der Waals surface area contributed by atoms with E-state index < -0.39 is 11.2 Å². The highest BCUT2D eigenvalue weighted by Gasteiger charge is 2.47. The highest BCUT2D eigenvalue weighted by Crippen LogP contribution is 2.43. The molecule has 8 nitrogen and oxygen atoms in total. The molecule has 1 amide bonds. The molecule has 0 aliphatic carbocycles. The van der Waals surface area contributed by atoms with Crippen LogP contribution >= 0.6 is 12.4 Å². The van der Waals surface area contributed by atoms with E-state index in [1.807, 2.05) is 23.1 Å². The number of nitrogens with zero attached hydrogens (tertiary/aromatic N) is 3. The molecule has 3 atom stereocenters. The topological polar surface area (TPSA) is 100 Å². The Morgan fingerprint density at radius 1 is 1.16 bits per heavy atom. The van der Waals surface area contributed by atoms with Crippen molar-refractivity contribution in [2.24, 2.45) is 18.9 Å². The van der Waals surface area contributed by atoms with E-state index in [2.05, 4.69) is 27.4 Å². The van der Waals surface area contributed by atoms with Crippen LogP contribution in [0.4, 0.5) is 0 Å². The van der Waals surface area contributed by atoms with Crippen molar-refractivity contribution in [2.75, 3.05) is 19.6 Å². The van der Waals surface area contributed by atoms with E-state index in [-0.39, 0.29) is 35.4 Å². The minimum absolute atomic E-state index is 0. The average Bonchev–Trinajstić information content (AvgIpc) is 3.32. The maximum atomic E-state index is 13.8. The third-order valence-corrected chi connectivity index (χ3v) is 6.40. The molecule has 0 bridgehead atoms. The Kier molecular flexibility index (Phi) is 5.45. The van der Waals surface area contributed by atoms with Crippen LogP contribution < -0.4 is 16.6 Å². The fraction of sp³-hybridized carbons (Fsp3) is 0.364. The number of aromatic amines is 1. The smallest absolute Gasteiger partial charge is 0.329 e. The molecule has 2 aromatic heterocycles. The number of pyridine rings is 1. The van der Waals surface area contributed by atoms with Gasteiger partial charge in [-0.15, -0.1) is 12.4 Å². The monoisotopic (exact) mass is 441 g/mol. The van der Waals surface area contributed by atoms with Crippen LogP contribution in [0, 0.1) is 18.8 Å². The highest BCUT2D eigenvalue weighted by atomic mass is 35.5. The lowest BCUT2D eigenvalue weighted by atomic mass is 9.89. The first-order valence-corrected chi connectivity index (χ1v) is 10.1. The summed E-state index contributed by atoms with van der Waals surface area (Å²) in [5, 5.41) is 3.61. The van der Waals surface area contributed by atoms with E-state index in [0.717, 1.165) is 18.7 Å². The number of aromatic nitrogens is 3. The zero-order chi connectivity index (χ0) is 21.0. The maximum absolute atomic E-state index is 13.8. The molecule has 2 saturated heterocycles. The normalized spacial score (nSPS) is 22.4. The second-order valence-electron chi connectivity index (χ2n) is 8.22. The fourth-order valence-corrected chi connectivity index (χ4v) is 4.99. The molecule has 0 spiro atoms. The number of likely N-dealkylation sites (tertiary alicyclic amines) is 1. The van der Waals surface area contributed by atoms with Gasteiger partial charge in [-0.05, 0) is 24.5 Å². The van der Waals surface area contributed by atoms with Crippen molar-refractivity contribution in [3.8, 4) is 0 Å². The lowest BCUT2D eigenvalue weighted by Gasteiger charge is -2.29. The highest BCUT2D eigenvalue weighted by molar-refractivity contribution is 6.05. The molecule has 4 heterocycles. The number of aryl methyl sites for hydroxylation is 2. The lowest BCUT2D eigenvalue weighted by Crippen LogP contribution is -2.36. The minimum atomic E-state index is -0.582. The zero-order valence-corrected chi connectivity index (χ0v) is 18.1. The Balaban J connectivity index is 0.00000231. The molecular formula is C22H24ClN5O3. The second kappa shape index (κ2) is 7.94. The van der Waals surface area contributed by atoms with Crippen molar-refractivity contribution >= 4 is 29.3 Å². The van der Waals surface area contributed by atoms with Crippen LogP contribution in [-0.4, -0.2) is 45.0 Å². The van der Waals surface area contributed by atoms with Crippen molar-refractivity contribution in [1.29, 1.82) is 0 Å². The number of fused-ring (bicyclic) bond motifs is 2. The Bertz CT molecular complexity index is 1270. The third-order valence-electron chi connectivity index (χ3n) is 6.40. The van der Waals surface area contributed by atoms with Gasteiger partial charge in [0.25, 0.3) is 11.5 Å². The van der Waals surface area contributed by atoms with E-state index in [1.165, 1.54) is 4.57 Å². The molecule has 3 aromatic rings. The first kappa shape index (κ1) is 21.3. The van der Waals surface area contributed by atoms with Gasteiger partial charge in [0.05, 0.1) is 17.0 Å². The van der Waals surface area contributed by atoms with Gasteiger partial charge in [0, 0.05) is 38.3 Å². The van der Waals surface area contributed by atoms with Gasteiger partial charge in [0.15, 0.2) is 0 Å². The molecule has 162 valence electrons. The summed E-state index contributed by atoms with van der Waals surface area (Å²) in [7, 11) is 1.54. The van der Waals surface area contributed by atoms with Crippen molar-refractivity contribution in [3.05, 3.63) is 74.1 Å². The van der Waals surface area contributed by atoms with E-state index in [4.69, 9.17) is 0 Å². The van der Waals surface area contributed by atoms with E-state index >= 15 is 0 Å². The molecule has 2 fully saturated rings. The molecule has 1 aromatic carbocycles. The molecule has 5 rings (SSSR count). The molecule has 9 heteroatoms. The van der Waals surface area contributed by atoms with Gasteiger partial charge in [-0.1, -0.05) is 30.3 Å². The number of hydrogen-bond acceptors (Lipinski definition) is 5. The number of carbonyl (C=O) groups is 1. The summed E-state index contributed by atoms with van der Waals surface area (Å²) in [6.45, 7) is 4.13. The van der Waals surface area contributed by atoms with Crippen LogP contribution in [0.15, 0.2) is 46.0 Å². The maximum Gasteiger partial charge on any atom is 0.329 e. The van der Waals surface area contributed by atoms with Gasteiger partial charge in [0.1, 0.15) is 5.65 Å². The first-order valence-electron chi connectivity index (χ1n) is 10.1. The number of rotatable bonds is 2. The fourth-order valence-electron chi connectivity index (χ4n) is 4.99. The van der Waals surface area contributed by atoms with Crippen LogP contribution in [-0.2, 0) is 7.05 Å². The molecule has 0 unspecified atom stereocenters. The summed E-state index contributed by atoms with van der Waals surface area (Å²) in [6, 6.07) is 11.6. The Morgan fingerprint density at radius 3 is 2.65 bits per heavy atom. The molecule has 2 N–H and O–H groups in total. The van der Waals surface area contributed by atoms with E-state index in [9.17, 15) is 14.4 Å². The van der Waals surface area contributed by atoms with Crippen molar-refractivity contribution in [3.63, 3.8) is 0 Å². The quantitative estimate of drug-likeness (QED) is 0.626. The summed E-state index contributed by atoms with van der Waals surface area (Å²) < 4.78 is 1.28. The second-order valence-corrected chi connectivity index (χ2v) is 8.22. The van der Waals surface area contributed by atoms with Crippen LogP contribution in [0.3, 0.4) is 0 Å². The van der Waals surface area contributed by atoms with E-state index in [1.54, 1.807) is 20.0 Å². The van der Waals surface area contributed by atoms with Crippen molar-refractivity contribution < 1.29 is 4.79 Å². The molecule has 0 radical (unpaired) electrons. The number of H-pyrrole nitrogens is 1. The van der Waals surface area contributed by atoms with Crippen molar-refractivity contribution in [2.45, 2.75) is 13.0 Å². The molecule has 31 heavy (non-hydrogen) atoms. The minimum Gasteiger partial charge on any atom is -0.331 e. The molecule has 2 aliphatic heterocycles. The van der Waals surface area contributed by atoms with Gasteiger partial charge >= 0.3 is 5.69 Å². The predicted molar refractivity (Wildman–Crippen MR) is 120 cm³/mol. The Hall–Kier alpha value is -2.97. The van der Waals surface area contributed by atoms with E-state index in [0.29, 0.717) is 29.6 Å². The van der Waals surface area contributed by atoms with Gasteiger partial charge in [-0.2, -0.15) is 0 Å². The number of carbonyl (C=O) groups excluding carboxylic acids is 1. The number of nitrogens with one attached hydrogen (secondary N) is 2. The number of benzene rings is 1. The lowest BCUT2D eigenvalue weighted by molar-refractivity contribution is 0.0715. The Labute approximate surface area is 184 Å². The Morgan fingerprint density at radius 2 is 1.90 bits per heavy atom. The largest absolute Gasteiger partial charge is 0.331 e. The van der Waals surface area contributed by atoms with Crippen LogP contribution in [0.1, 0.15) is 27.7 Å². The third kappa shape index (κ3) is 3.36. The molecular weight excluding hydrogens is 418 g/mol. The first-order chi connectivity index (χ1) is 14.5. The van der Waals surface area contributed by atoms with Gasteiger partial charge in [-0.25, -0.2) is 9.78 Å². The molecule has 0 saturated carbocycles. The van der Waals surface area contributed by atoms with Gasteiger partial charge < -0.3 is 10.2 Å².